The zero-order chi connectivity index (χ0) is 22.2. The van der Waals surface area contributed by atoms with Crippen molar-refractivity contribution in [2.45, 2.75) is 12.8 Å². The second-order valence-electron chi connectivity index (χ2n) is 6.87. The lowest BCUT2D eigenvalue weighted by Crippen LogP contribution is -2.34. The summed E-state index contributed by atoms with van der Waals surface area (Å²) in [5.74, 6) is -0.284. The van der Waals surface area contributed by atoms with Crippen LogP contribution < -0.4 is 15.2 Å². The number of hydrogen-bond acceptors (Lipinski definition) is 7. The highest BCUT2D eigenvalue weighted by atomic mass is 19.4. The third-order valence-corrected chi connectivity index (χ3v) is 4.90. The number of alkyl halides is 3. The van der Waals surface area contributed by atoms with E-state index in [9.17, 15) is 18.4 Å². The molecule has 0 saturated carbocycles. The van der Waals surface area contributed by atoms with Crippen molar-refractivity contribution in [3.8, 4) is 23.1 Å². The molecule has 10 heteroatoms. The topological polar surface area (TPSA) is 77.3 Å². The standard InChI is InChI=1S/C21H17F3N6O/c1-29-18-10-16(27-17(11-25)20(18)28-30(29)2)14-3-4-19(15(9-14)21(22,23)24)31-12-13-5-7-26-8-6-13/h3-10,28H,12H2,1-2H3. The van der Waals surface area contributed by atoms with E-state index in [0.29, 0.717) is 16.9 Å². The fourth-order valence-corrected chi connectivity index (χ4v) is 3.20. The second-order valence-corrected chi connectivity index (χ2v) is 6.87. The van der Waals surface area contributed by atoms with Gasteiger partial charge in [-0.05, 0) is 42.0 Å². The van der Waals surface area contributed by atoms with Gasteiger partial charge in [-0.3, -0.25) is 15.4 Å². The number of ether oxygens (including phenoxy) is 1. The summed E-state index contributed by atoms with van der Waals surface area (Å²) in [6.07, 6.45) is -1.54. The van der Waals surface area contributed by atoms with Gasteiger partial charge in [0, 0.05) is 32.1 Å². The molecule has 4 rings (SSSR count). The van der Waals surface area contributed by atoms with Crippen LogP contribution in [0.5, 0.6) is 5.75 Å². The minimum atomic E-state index is -4.63. The van der Waals surface area contributed by atoms with Crippen molar-refractivity contribution in [3.05, 3.63) is 65.6 Å². The van der Waals surface area contributed by atoms with E-state index in [1.807, 2.05) is 6.07 Å². The van der Waals surface area contributed by atoms with E-state index in [4.69, 9.17) is 4.74 Å². The molecule has 31 heavy (non-hydrogen) atoms. The Hall–Kier alpha value is -3.84. The molecule has 158 valence electrons. The summed E-state index contributed by atoms with van der Waals surface area (Å²) in [5, 5.41) is 12.8. The van der Waals surface area contributed by atoms with Crippen LogP contribution in [-0.4, -0.2) is 29.2 Å². The molecule has 0 radical (unpaired) electrons. The van der Waals surface area contributed by atoms with Gasteiger partial charge >= 0.3 is 6.18 Å². The summed E-state index contributed by atoms with van der Waals surface area (Å²) in [4.78, 5) is 8.13. The normalized spacial score (nSPS) is 13.5. The number of anilines is 2. The molecule has 0 spiro atoms. The second kappa shape index (κ2) is 7.77. The summed E-state index contributed by atoms with van der Waals surface area (Å²) in [6, 6.07) is 10.7. The molecule has 3 aromatic rings. The van der Waals surface area contributed by atoms with E-state index >= 15 is 0 Å². The van der Waals surface area contributed by atoms with Crippen molar-refractivity contribution in [2.75, 3.05) is 24.5 Å². The van der Waals surface area contributed by atoms with Crippen molar-refractivity contribution in [3.63, 3.8) is 0 Å². The smallest absolute Gasteiger partial charge is 0.419 e. The molecule has 0 bridgehead atoms. The molecule has 7 nitrogen and oxygen atoms in total. The van der Waals surface area contributed by atoms with Gasteiger partial charge in [0.1, 0.15) is 24.1 Å². The molecule has 2 aromatic heterocycles. The van der Waals surface area contributed by atoms with Gasteiger partial charge in [0.2, 0.25) is 0 Å². The number of nitriles is 1. The molecule has 0 aliphatic carbocycles. The van der Waals surface area contributed by atoms with Crippen LogP contribution in [-0.2, 0) is 12.8 Å². The number of pyridine rings is 2. The van der Waals surface area contributed by atoms with E-state index < -0.39 is 11.7 Å². The van der Waals surface area contributed by atoms with E-state index in [1.165, 1.54) is 12.1 Å². The fourth-order valence-electron chi connectivity index (χ4n) is 3.20. The Bertz CT molecular complexity index is 1160. The molecule has 1 aliphatic heterocycles. The fraction of sp³-hybridized carbons (Fsp3) is 0.190. The number of nitrogens with one attached hydrogen (secondary N) is 1. The summed E-state index contributed by atoms with van der Waals surface area (Å²) in [6.45, 7) is -0.0244. The monoisotopic (exact) mass is 426 g/mol. The number of nitrogens with zero attached hydrogens (tertiary/aromatic N) is 5. The predicted octanol–water partition coefficient (Wildman–Crippen LogP) is 4.24. The van der Waals surface area contributed by atoms with Gasteiger partial charge in [-0.2, -0.15) is 18.4 Å². The Balaban J connectivity index is 1.73. The maximum atomic E-state index is 13.8. The van der Waals surface area contributed by atoms with Gasteiger partial charge in [0.15, 0.2) is 5.69 Å². The molecule has 0 amide bonds. The van der Waals surface area contributed by atoms with Crippen LogP contribution in [0.1, 0.15) is 16.8 Å². The summed E-state index contributed by atoms with van der Waals surface area (Å²) >= 11 is 0. The number of hydrogen-bond donors (Lipinski definition) is 1. The summed E-state index contributed by atoms with van der Waals surface area (Å²) in [7, 11) is 3.51. The molecule has 0 unspecified atom stereocenters. The lowest BCUT2D eigenvalue weighted by atomic mass is 10.0. The Kier molecular flexibility index (Phi) is 5.12. The molecule has 3 heterocycles. The van der Waals surface area contributed by atoms with Crippen LogP contribution in [0.4, 0.5) is 24.5 Å². The van der Waals surface area contributed by atoms with Gasteiger partial charge in [-0.15, -0.1) is 5.12 Å². The summed E-state index contributed by atoms with van der Waals surface area (Å²) < 4.78 is 46.7. The first-order valence-electron chi connectivity index (χ1n) is 9.20. The van der Waals surface area contributed by atoms with Crippen LogP contribution in [0.25, 0.3) is 11.3 Å². The van der Waals surface area contributed by atoms with E-state index in [0.717, 1.165) is 6.07 Å². The third kappa shape index (κ3) is 3.95. The first-order valence-corrected chi connectivity index (χ1v) is 9.20. The van der Waals surface area contributed by atoms with Gasteiger partial charge in [0.25, 0.3) is 0 Å². The van der Waals surface area contributed by atoms with Gasteiger partial charge < -0.3 is 4.74 Å². The molecule has 1 aliphatic rings. The average Bonchev–Trinajstić information content (AvgIpc) is 3.05. The third-order valence-electron chi connectivity index (χ3n) is 4.90. The maximum Gasteiger partial charge on any atom is 0.419 e. The number of hydrazine groups is 2. The van der Waals surface area contributed by atoms with E-state index in [1.54, 1.807) is 54.8 Å². The molecule has 0 saturated heterocycles. The van der Waals surface area contributed by atoms with Crippen LogP contribution in [0.3, 0.4) is 0 Å². The van der Waals surface area contributed by atoms with Crippen LogP contribution in [0.15, 0.2) is 48.8 Å². The number of halogens is 3. The average molecular weight is 426 g/mol. The molecular formula is C21H17F3N6O. The zero-order valence-corrected chi connectivity index (χ0v) is 16.6. The summed E-state index contributed by atoms with van der Waals surface area (Å²) in [5.41, 5.74) is 4.49. The minimum Gasteiger partial charge on any atom is -0.488 e. The molecule has 0 atom stereocenters. The highest BCUT2D eigenvalue weighted by molar-refractivity contribution is 5.81. The quantitative estimate of drug-likeness (QED) is 0.669. The SMILES string of the molecule is CN1Nc2c(cc(-c3ccc(OCc4ccncc4)c(C(F)(F)F)c3)nc2C#N)N1C. The Morgan fingerprint density at radius 3 is 2.55 bits per heavy atom. The lowest BCUT2D eigenvalue weighted by Gasteiger charge is -2.20. The van der Waals surface area contributed by atoms with E-state index in [2.05, 4.69) is 15.4 Å². The van der Waals surface area contributed by atoms with Crippen molar-refractivity contribution < 1.29 is 17.9 Å². The largest absolute Gasteiger partial charge is 0.488 e. The van der Waals surface area contributed by atoms with Crippen molar-refractivity contribution >= 4 is 11.4 Å². The number of aromatic nitrogens is 2. The first-order chi connectivity index (χ1) is 14.8. The van der Waals surface area contributed by atoms with Gasteiger partial charge in [-0.25, -0.2) is 4.98 Å². The number of benzene rings is 1. The zero-order valence-electron chi connectivity index (χ0n) is 16.6. The van der Waals surface area contributed by atoms with Gasteiger partial charge in [0.05, 0.1) is 16.9 Å². The predicted molar refractivity (Wildman–Crippen MR) is 108 cm³/mol. The van der Waals surface area contributed by atoms with Crippen LogP contribution in [0, 0.1) is 11.3 Å². The molecular weight excluding hydrogens is 409 g/mol. The molecule has 0 fully saturated rings. The Morgan fingerprint density at radius 1 is 1.13 bits per heavy atom. The maximum absolute atomic E-state index is 13.8. The van der Waals surface area contributed by atoms with Crippen molar-refractivity contribution in [1.82, 2.24) is 15.1 Å². The Labute approximate surface area is 176 Å². The highest BCUT2D eigenvalue weighted by Crippen LogP contribution is 2.41. The first kappa shape index (κ1) is 20.4. The van der Waals surface area contributed by atoms with E-state index in [-0.39, 0.29) is 29.3 Å². The van der Waals surface area contributed by atoms with Crippen molar-refractivity contribution in [1.29, 1.82) is 5.26 Å². The van der Waals surface area contributed by atoms with Gasteiger partial charge in [-0.1, -0.05) is 0 Å². The van der Waals surface area contributed by atoms with Crippen molar-refractivity contribution in [2.24, 2.45) is 0 Å². The highest BCUT2D eigenvalue weighted by Gasteiger charge is 2.35. The number of fused-ring (bicyclic) bond motifs is 1. The Morgan fingerprint density at radius 2 is 1.87 bits per heavy atom. The molecule has 1 aromatic carbocycles. The molecule has 1 N–H and O–H groups in total. The minimum absolute atomic E-state index is 0.0244. The lowest BCUT2D eigenvalue weighted by molar-refractivity contribution is -0.139. The van der Waals surface area contributed by atoms with Crippen LogP contribution in [0.2, 0.25) is 0 Å². The van der Waals surface area contributed by atoms with Crippen LogP contribution >= 0.6 is 0 Å². The number of rotatable bonds is 4.